The zero-order valence-corrected chi connectivity index (χ0v) is 13.3. The average molecular weight is 306 g/mol. The summed E-state index contributed by atoms with van der Waals surface area (Å²) in [6, 6.07) is 18.0. The molecular formula is C19H20N3O+. The van der Waals surface area contributed by atoms with Crippen molar-refractivity contribution in [3.8, 4) is 0 Å². The summed E-state index contributed by atoms with van der Waals surface area (Å²) in [6.45, 7) is 4.20. The molecule has 23 heavy (non-hydrogen) atoms. The van der Waals surface area contributed by atoms with E-state index in [1.54, 1.807) is 0 Å². The van der Waals surface area contributed by atoms with E-state index >= 15 is 0 Å². The van der Waals surface area contributed by atoms with Crippen LogP contribution in [0.2, 0.25) is 0 Å². The highest BCUT2D eigenvalue weighted by Crippen LogP contribution is 2.19. The number of H-pyrrole nitrogens is 1. The number of para-hydroxylation sites is 2. The Bertz CT molecular complexity index is 838. The Morgan fingerprint density at radius 1 is 0.957 bits per heavy atom. The first-order valence-corrected chi connectivity index (χ1v) is 7.64. The van der Waals surface area contributed by atoms with Gasteiger partial charge in [-0.2, -0.15) is 0 Å². The lowest BCUT2D eigenvalue weighted by Crippen LogP contribution is -2.25. The molecule has 0 spiro atoms. The Balaban J connectivity index is 1.66. The third-order valence-electron chi connectivity index (χ3n) is 3.84. The predicted molar refractivity (Wildman–Crippen MR) is 93.5 cm³/mol. The van der Waals surface area contributed by atoms with Crippen LogP contribution in [0.5, 0.6) is 0 Å². The van der Waals surface area contributed by atoms with Crippen molar-refractivity contribution in [1.29, 1.82) is 0 Å². The lowest BCUT2D eigenvalue weighted by molar-refractivity contribution is -0.327. The summed E-state index contributed by atoms with van der Waals surface area (Å²) in [5, 5.41) is 7.24. The van der Waals surface area contributed by atoms with Crippen LogP contribution < -0.4 is 15.6 Å². The van der Waals surface area contributed by atoms with Crippen molar-refractivity contribution in [3.05, 3.63) is 65.7 Å². The normalized spacial score (nSPS) is 10.5. The van der Waals surface area contributed by atoms with Gasteiger partial charge in [0.15, 0.2) is 6.54 Å². The maximum Gasteiger partial charge on any atom is 0.273 e. The van der Waals surface area contributed by atoms with Crippen LogP contribution in [-0.4, -0.2) is 12.5 Å². The Morgan fingerprint density at radius 3 is 2.48 bits per heavy atom. The number of nitrogens with one attached hydrogen (secondary N) is 3. The molecular weight excluding hydrogens is 286 g/mol. The summed E-state index contributed by atoms with van der Waals surface area (Å²) >= 11 is 0. The Morgan fingerprint density at radius 2 is 1.70 bits per heavy atom. The monoisotopic (exact) mass is 306 g/mol. The second kappa shape index (κ2) is 6.48. The highest BCUT2D eigenvalue weighted by atomic mass is 16.1. The van der Waals surface area contributed by atoms with Gasteiger partial charge in [0.1, 0.15) is 5.52 Å². The van der Waals surface area contributed by atoms with Crippen LogP contribution in [0, 0.1) is 13.8 Å². The molecule has 1 heterocycles. The van der Waals surface area contributed by atoms with Gasteiger partial charge in [-0.15, -0.1) is 0 Å². The number of aryl methyl sites for hydroxylation is 2. The van der Waals surface area contributed by atoms with Crippen molar-refractivity contribution < 1.29 is 9.78 Å². The lowest BCUT2D eigenvalue weighted by atomic mass is 10.1. The molecule has 1 aromatic heterocycles. The second-order valence-corrected chi connectivity index (χ2v) is 5.63. The molecule has 0 aliphatic heterocycles. The van der Waals surface area contributed by atoms with Crippen LogP contribution in [0.1, 0.15) is 11.1 Å². The fourth-order valence-corrected chi connectivity index (χ4v) is 2.59. The zero-order valence-electron chi connectivity index (χ0n) is 13.3. The van der Waals surface area contributed by atoms with E-state index in [-0.39, 0.29) is 12.5 Å². The molecule has 3 rings (SSSR count). The molecule has 116 valence electrons. The number of amides is 1. The molecule has 4 heteroatoms. The van der Waals surface area contributed by atoms with Gasteiger partial charge in [-0.25, -0.2) is 4.98 Å². The minimum atomic E-state index is -0.0658. The van der Waals surface area contributed by atoms with Gasteiger partial charge >= 0.3 is 0 Å². The minimum Gasteiger partial charge on any atom is -0.322 e. The fraction of sp³-hybridized carbons (Fsp3) is 0.158. The number of aromatic amines is 1. The number of carbonyl (C=O) groups is 1. The molecule has 0 saturated heterocycles. The highest BCUT2D eigenvalue weighted by Gasteiger charge is 2.10. The van der Waals surface area contributed by atoms with Crippen LogP contribution in [0.4, 0.5) is 11.5 Å². The largest absolute Gasteiger partial charge is 0.322 e. The number of benzene rings is 2. The average Bonchev–Trinajstić information content (AvgIpc) is 2.56. The molecule has 0 radical (unpaired) electrons. The number of anilines is 2. The summed E-state index contributed by atoms with van der Waals surface area (Å²) in [5.74, 6) is 0.754. The number of pyridine rings is 1. The first-order valence-electron chi connectivity index (χ1n) is 7.64. The number of carbonyl (C=O) groups excluding carboxylic acids is 1. The Hall–Kier alpha value is -2.88. The van der Waals surface area contributed by atoms with Gasteiger partial charge in [0.25, 0.3) is 11.7 Å². The van der Waals surface area contributed by atoms with E-state index in [4.69, 9.17) is 0 Å². The molecule has 0 fully saturated rings. The summed E-state index contributed by atoms with van der Waals surface area (Å²) in [6.07, 6.45) is 0. The highest BCUT2D eigenvalue weighted by molar-refractivity contribution is 5.95. The molecule has 1 amide bonds. The van der Waals surface area contributed by atoms with Gasteiger partial charge in [-0.1, -0.05) is 36.4 Å². The fourth-order valence-electron chi connectivity index (χ4n) is 2.59. The third kappa shape index (κ3) is 3.48. The van der Waals surface area contributed by atoms with Gasteiger partial charge in [-0.3, -0.25) is 10.1 Å². The Kier molecular flexibility index (Phi) is 4.24. The molecule has 0 aliphatic carbocycles. The summed E-state index contributed by atoms with van der Waals surface area (Å²) in [7, 11) is 0. The van der Waals surface area contributed by atoms with Crippen LogP contribution >= 0.6 is 0 Å². The summed E-state index contributed by atoms with van der Waals surface area (Å²) in [4.78, 5) is 15.4. The van der Waals surface area contributed by atoms with Gasteiger partial charge in [0.2, 0.25) is 0 Å². The smallest absolute Gasteiger partial charge is 0.273 e. The van der Waals surface area contributed by atoms with Gasteiger partial charge < -0.3 is 5.32 Å². The molecule has 0 saturated carbocycles. The maximum atomic E-state index is 12.2. The Labute approximate surface area is 135 Å². The van der Waals surface area contributed by atoms with Crippen LogP contribution in [0.3, 0.4) is 0 Å². The van der Waals surface area contributed by atoms with E-state index in [1.807, 2.05) is 68.4 Å². The van der Waals surface area contributed by atoms with E-state index in [0.29, 0.717) is 0 Å². The van der Waals surface area contributed by atoms with Crippen molar-refractivity contribution in [2.75, 3.05) is 17.2 Å². The number of rotatable bonds is 4. The van der Waals surface area contributed by atoms with Crippen molar-refractivity contribution >= 4 is 28.3 Å². The topological polar surface area (TPSA) is 55.3 Å². The van der Waals surface area contributed by atoms with Crippen molar-refractivity contribution in [2.45, 2.75) is 13.8 Å². The lowest BCUT2D eigenvalue weighted by Gasteiger charge is -2.10. The number of hydrogen-bond acceptors (Lipinski definition) is 2. The molecule has 0 aliphatic rings. The number of hydrogen-bond donors (Lipinski definition) is 2. The van der Waals surface area contributed by atoms with Crippen molar-refractivity contribution in [2.24, 2.45) is 0 Å². The molecule has 2 aromatic carbocycles. The summed E-state index contributed by atoms with van der Waals surface area (Å²) in [5.41, 5.74) is 4.06. The molecule has 4 nitrogen and oxygen atoms in total. The maximum absolute atomic E-state index is 12.2. The first kappa shape index (κ1) is 15.0. The molecule has 0 atom stereocenters. The standard InChI is InChI=1S/C19H19N3O/c1-13-6-5-7-14(2)19(13)22-18(23)12-20-17-11-10-15-8-3-4-9-16(15)21-17/h3-11H,12H2,1-2H3,(H,20,21)(H,22,23)/p+1. The van der Waals surface area contributed by atoms with Crippen molar-refractivity contribution in [1.82, 2.24) is 0 Å². The van der Waals surface area contributed by atoms with Gasteiger partial charge in [0.05, 0.1) is 0 Å². The van der Waals surface area contributed by atoms with E-state index < -0.39 is 0 Å². The quantitative estimate of drug-likeness (QED) is 0.777. The minimum absolute atomic E-state index is 0.0658. The van der Waals surface area contributed by atoms with E-state index in [0.717, 1.165) is 33.5 Å². The van der Waals surface area contributed by atoms with E-state index in [9.17, 15) is 4.79 Å². The number of fused-ring (bicyclic) bond motifs is 1. The van der Waals surface area contributed by atoms with Crippen LogP contribution in [-0.2, 0) is 4.79 Å². The molecule has 3 aromatic rings. The first-order chi connectivity index (χ1) is 11.1. The van der Waals surface area contributed by atoms with Crippen LogP contribution in [0.25, 0.3) is 10.9 Å². The van der Waals surface area contributed by atoms with Crippen molar-refractivity contribution in [3.63, 3.8) is 0 Å². The SMILES string of the molecule is Cc1cccc(C)c1NC(=O)CNc1ccc2ccccc2[nH+]1. The van der Waals surface area contributed by atoms with Gasteiger partial charge in [-0.05, 0) is 37.1 Å². The van der Waals surface area contributed by atoms with Crippen LogP contribution in [0.15, 0.2) is 54.6 Å². The van der Waals surface area contributed by atoms with Gasteiger partial charge in [0, 0.05) is 17.1 Å². The predicted octanol–water partition coefficient (Wildman–Crippen LogP) is 3.32. The second-order valence-electron chi connectivity index (χ2n) is 5.63. The van der Waals surface area contributed by atoms with E-state index in [1.165, 1.54) is 0 Å². The molecule has 0 unspecified atom stereocenters. The van der Waals surface area contributed by atoms with E-state index in [2.05, 4.69) is 15.6 Å². The number of aromatic nitrogens is 1. The third-order valence-corrected chi connectivity index (χ3v) is 3.84. The zero-order chi connectivity index (χ0) is 16.2. The summed E-state index contributed by atoms with van der Waals surface area (Å²) < 4.78 is 0. The molecule has 3 N–H and O–H groups in total. The molecule has 0 bridgehead atoms.